The Morgan fingerprint density at radius 3 is 2.54 bits per heavy atom. The molecule has 2 N–H and O–H groups in total. The van der Waals surface area contributed by atoms with Crippen LogP contribution in [0.5, 0.6) is 0 Å². The lowest BCUT2D eigenvalue weighted by Gasteiger charge is -2.08. The predicted molar refractivity (Wildman–Crippen MR) is 98.2 cm³/mol. The summed E-state index contributed by atoms with van der Waals surface area (Å²) >= 11 is 12.0. The molecule has 5 nitrogen and oxygen atoms in total. The fraction of sp³-hybridized carbons (Fsp3) is 0.118. The number of hydrogen-bond donors (Lipinski definition) is 2. The first-order chi connectivity index (χ1) is 11.7. The Kier molecular flexibility index (Phi) is 5.46. The summed E-state index contributed by atoms with van der Waals surface area (Å²) in [5.74, 6) is 1.04. The van der Waals surface area contributed by atoms with Crippen LogP contribution in [0.25, 0.3) is 0 Å². The molecule has 122 valence electrons. The maximum absolute atomic E-state index is 6.11. The summed E-state index contributed by atoms with van der Waals surface area (Å²) in [5.41, 5.74) is 1.93. The lowest BCUT2D eigenvalue weighted by molar-refractivity contribution is 0.950. The third-order valence-corrected chi connectivity index (χ3v) is 3.89. The minimum absolute atomic E-state index is 0.389. The number of anilines is 3. The van der Waals surface area contributed by atoms with Gasteiger partial charge in [-0.25, -0.2) is 0 Å². The number of halogens is 2. The van der Waals surface area contributed by atoms with Crippen molar-refractivity contribution in [2.75, 3.05) is 17.2 Å². The van der Waals surface area contributed by atoms with Crippen molar-refractivity contribution in [3.8, 4) is 0 Å². The molecule has 0 bridgehead atoms. The first kappa shape index (κ1) is 16.5. The van der Waals surface area contributed by atoms with E-state index in [4.69, 9.17) is 23.2 Å². The summed E-state index contributed by atoms with van der Waals surface area (Å²) < 4.78 is 0. The Hall–Kier alpha value is -2.37. The molecule has 24 heavy (non-hydrogen) atoms. The first-order valence-corrected chi connectivity index (χ1v) is 8.16. The average Bonchev–Trinajstić information content (AvgIpc) is 2.59. The van der Waals surface area contributed by atoms with Gasteiger partial charge in [0.25, 0.3) is 0 Å². The normalized spacial score (nSPS) is 10.4. The van der Waals surface area contributed by atoms with Gasteiger partial charge in [-0.1, -0.05) is 47.5 Å². The Balaban J connectivity index is 1.59. The minimum Gasteiger partial charge on any atom is -0.368 e. The minimum atomic E-state index is 0.389. The second kappa shape index (κ2) is 7.95. The highest BCUT2D eigenvalue weighted by molar-refractivity contribution is 6.33. The molecular weight excluding hydrogens is 345 g/mol. The predicted octanol–water partition coefficient (Wildman–Crippen LogP) is 4.58. The van der Waals surface area contributed by atoms with Gasteiger partial charge in [-0.3, -0.25) is 0 Å². The van der Waals surface area contributed by atoms with Gasteiger partial charge >= 0.3 is 0 Å². The maximum Gasteiger partial charge on any atom is 0.249 e. The van der Waals surface area contributed by atoms with Crippen LogP contribution in [0.4, 0.5) is 17.5 Å². The van der Waals surface area contributed by atoms with Gasteiger partial charge in [-0.2, -0.15) is 10.1 Å². The summed E-state index contributed by atoms with van der Waals surface area (Å²) in [4.78, 5) is 4.38. The highest BCUT2D eigenvalue weighted by Crippen LogP contribution is 2.23. The Morgan fingerprint density at radius 1 is 0.958 bits per heavy atom. The van der Waals surface area contributed by atoms with Gasteiger partial charge in [-0.05, 0) is 36.2 Å². The van der Waals surface area contributed by atoms with Crippen LogP contribution in [0.2, 0.25) is 10.0 Å². The topological polar surface area (TPSA) is 62.7 Å². The third-order valence-electron chi connectivity index (χ3n) is 3.31. The van der Waals surface area contributed by atoms with Crippen molar-refractivity contribution in [3.63, 3.8) is 0 Å². The molecule has 1 aromatic heterocycles. The number of nitrogens with zero attached hydrogens (tertiary/aromatic N) is 3. The summed E-state index contributed by atoms with van der Waals surface area (Å²) in [6.45, 7) is 0.728. The van der Waals surface area contributed by atoms with Crippen molar-refractivity contribution in [2.45, 2.75) is 6.42 Å². The molecule has 0 aliphatic rings. The molecule has 2 aromatic carbocycles. The SMILES string of the molecule is Clc1ccc(CCNc2cnnc(Nc3ccccc3Cl)n2)cc1. The molecule has 0 aliphatic heterocycles. The van der Waals surface area contributed by atoms with Crippen molar-refractivity contribution in [2.24, 2.45) is 0 Å². The standard InChI is InChI=1S/C17H15Cl2N5/c18-13-7-5-12(6-8-13)9-10-20-16-11-21-24-17(23-16)22-15-4-2-1-3-14(15)19/h1-8,11H,9-10H2,(H2,20,22,23,24). The Labute approximate surface area is 150 Å². The molecule has 3 rings (SSSR count). The number of hydrogen-bond acceptors (Lipinski definition) is 5. The molecular formula is C17H15Cl2N5. The van der Waals surface area contributed by atoms with Crippen LogP contribution in [0.1, 0.15) is 5.56 Å². The van der Waals surface area contributed by atoms with Crippen molar-refractivity contribution < 1.29 is 0 Å². The van der Waals surface area contributed by atoms with Crippen molar-refractivity contribution >= 4 is 40.7 Å². The number of nitrogens with one attached hydrogen (secondary N) is 2. The van der Waals surface area contributed by atoms with E-state index >= 15 is 0 Å². The van der Waals surface area contributed by atoms with Crippen LogP contribution in [-0.2, 0) is 6.42 Å². The maximum atomic E-state index is 6.11. The van der Waals surface area contributed by atoms with Crippen LogP contribution in [0.15, 0.2) is 54.7 Å². The number of para-hydroxylation sites is 1. The summed E-state index contributed by atoms with van der Waals surface area (Å²) in [5, 5.41) is 15.5. The second-order valence-electron chi connectivity index (χ2n) is 5.07. The van der Waals surface area contributed by atoms with E-state index in [0.29, 0.717) is 16.8 Å². The molecule has 7 heteroatoms. The zero-order valence-corrected chi connectivity index (χ0v) is 14.2. The molecule has 3 aromatic rings. The fourth-order valence-corrected chi connectivity index (χ4v) is 2.42. The Morgan fingerprint density at radius 2 is 1.75 bits per heavy atom. The lowest BCUT2D eigenvalue weighted by atomic mass is 10.1. The molecule has 0 fully saturated rings. The van der Waals surface area contributed by atoms with Crippen LogP contribution in [0.3, 0.4) is 0 Å². The second-order valence-corrected chi connectivity index (χ2v) is 5.92. The molecule has 0 saturated heterocycles. The lowest BCUT2D eigenvalue weighted by Crippen LogP contribution is -2.08. The number of benzene rings is 2. The monoisotopic (exact) mass is 359 g/mol. The molecule has 0 saturated carbocycles. The van der Waals surface area contributed by atoms with Crippen molar-refractivity contribution in [3.05, 3.63) is 70.3 Å². The summed E-state index contributed by atoms with van der Waals surface area (Å²) in [7, 11) is 0. The van der Waals surface area contributed by atoms with E-state index < -0.39 is 0 Å². The first-order valence-electron chi connectivity index (χ1n) is 7.40. The third kappa shape index (κ3) is 4.57. The number of rotatable bonds is 6. The van der Waals surface area contributed by atoms with E-state index in [-0.39, 0.29) is 0 Å². The van der Waals surface area contributed by atoms with Gasteiger partial charge in [0.2, 0.25) is 5.95 Å². The molecule has 0 unspecified atom stereocenters. The largest absolute Gasteiger partial charge is 0.368 e. The van der Waals surface area contributed by atoms with Gasteiger partial charge < -0.3 is 10.6 Å². The van der Waals surface area contributed by atoms with Crippen molar-refractivity contribution in [1.82, 2.24) is 15.2 Å². The molecule has 0 aliphatic carbocycles. The van der Waals surface area contributed by atoms with Gasteiger partial charge in [0.15, 0.2) is 5.82 Å². The van der Waals surface area contributed by atoms with Gasteiger partial charge in [0.1, 0.15) is 0 Å². The molecule has 0 spiro atoms. The Bertz CT molecular complexity index is 808. The molecule has 0 radical (unpaired) electrons. The zero-order chi connectivity index (χ0) is 16.8. The van der Waals surface area contributed by atoms with Crippen LogP contribution in [-0.4, -0.2) is 21.7 Å². The highest BCUT2D eigenvalue weighted by Gasteiger charge is 2.04. The summed E-state index contributed by atoms with van der Waals surface area (Å²) in [6.07, 6.45) is 2.44. The van der Waals surface area contributed by atoms with E-state index in [1.165, 1.54) is 5.56 Å². The van der Waals surface area contributed by atoms with E-state index in [9.17, 15) is 0 Å². The van der Waals surface area contributed by atoms with E-state index in [2.05, 4.69) is 25.8 Å². The highest BCUT2D eigenvalue weighted by atomic mass is 35.5. The quantitative estimate of drug-likeness (QED) is 0.674. The molecule has 0 amide bonds. The van der Waals surface area contributed by atoms with Gasteiger partial charge in [0.05, 0.1) is 16.9 Å². The van der Waals surface area contributed by atoms with Crippen LogP contribution < -0.4 is 10.6 Å². The fourth-order valence-electron chi connectivity index (χ4n) is 2.11. The van der Waals surface area contributed by atoms with Crippen LogP contribution in [0, 0.1) is 0 Å². The van der Waals surface area contributed by atoms with Crippen molar-refractivity contribution in [1.29, 1.82) is 0 Å². The van der Waals surface area contributed by atoms with E-state index in [0.717, 1.165) is 23.7 Å². The smallest absolute Gasteiger partial charge is 0.249 e. The van der Waals surface area contributed by atoms with Gasteiger partial charge in [-0.15, -0.1) is 5.10 Å². The molecule has 1 heterocycles. The van der Waals surface area contributed by atoms with E-state index in [1.54, 1.807) is 12.3 Å². The molecule has 0 atom stereocenters. The van der Waals surface area contributed by atoms with E-state index in [1.807, 2.05) is 42.5 Å². The van der Waals surface area contributed by atoms with Gasteiger partial charge in [0, 0.05) is 11.6 Å². The van der Waals surface area contributed by atoms with Crippen LogP contribution >= 0.6 is 23.2 Å². The zero-order valence-electron chi connectivity index (χ0n) is 12.7. The average molecular weight is 360 g/mol. The summed E-state index contributed by atoms with van der Waals surface area (Å²) in [6, 6.07) is 15.2. The number of aromatic nitrogens is 3.